The summed E-state index contributed by atoms with van der Waals surface area (Å²) in [5.41, 5.74) is 0.534. The van der Waals surface area contributed by atoms with Crippen molar-refractivity contribution in [1.29, 1.82) is 0 Å². The number of hydrogen-bond acceptors (Lipinski definition) is 5. The van der Waals surface area contributed by atoms with Crippen LogP contribution in [0.25, 0.3) is 0 Å². The zero-order chi connectivity index (χ0) is 14.7. The summed E-state index contributed by atoms with van der Waals surface area (Å²) in [6.45, 7) is 0.758. The Hall–Kier alpha value is -1.66. The van der Waals surface area contributed by atoms with E-state index in [0.717, 1.165) is 0 Å². The van der Waals surface area contributed by atoms with Crippen molar-refractivity contribution >= 4 is 11.7 Å². The Bertz CT molecular complexity index is 478. The second-order valence-electron chi connectivity index (χ2n) is 5.32. The third-order valence-electron chi connectivity index (χ3n) is 3.68. The maximum atomic E-state index is 12.6. The minimum absolute atomic E-state index is 0.0426. The third-order valence-corrected chi connectivity index (χ3v) is 3.68. The minimum Gasteiger partial charge on any atom is -0.396 e. The number of likely N-dealkylation sites (tertiary alicyclic amines) is 1. The lowest BCUT2D eigenvalue weighted by atomic mass is 9.94. The predicted molar refractivity (Wildman–Crippen MR) is 75.7 cm³/mol. The van der Waals surface area contributed by atoms with E-state index in [1.54, 1.807) is 28.1 Å². The van der Waals surface area contributed by atoms with Gasteiger partial charge in [0.1, 0.15) is 5.82 Å². The average molecular weight is 279 g/mol. The summed E-state index contributed by atoms with van der Waals surface area (Å²) in [5.74, 6) is 0.356. The highest BCUT2D eigenvalue weighted by atomic mass is 16.3. The van der Waals surface area contributed by atoms with Crippen LogP contribution in [0.2, 0.25) is 0 Å². The van der Waals surface area contributed by atoms with E-state index in [9.17, 15) is 9.90 Å². The molecule has 2 atom stereocenters. The van der Waals surface area contributed by atoms with Crippen LogP contribution in [0.5, 0.6) is 0 Å². The first-order chi connectivity index (χ1) is 9.54. The summed E-state index contributed by atoms with van der Waals surface area (Å²) in [7, 11) is 3.68. The van der Waals surface area contributed by atoms with Gasteiger partial charge in [0.05, 0.1) is 11.7 Å². The molecule has 1 aromatic heterocycles. The van der Waals surface area contributed by atoms with E-state index in [1.165, 1.54) is 0 Å². The van der Waals surface area contributed by atoms with Crippen LogP contribution in [0.3, 0.4) is 0 Å². The number of pyridine rings is 1. The molecule has 0 unspecified atom stereocenters. The van der Waals surface area contributed by atoms with Crippen molar-refractivity contribution in [2.75, 3.05) is 38.7 Å². The van der Waals surface area contributed by atoms with Crippen LogP contribution in [-0.2, 0) is 0 Å². The number of piperidine rings is 1. The molecule has 0 aromatic carbocycles. The zero-order valence-corrected chi connectivity index (χ0v) is 11.9. The highest BCUT2D eigenvalue weighted by Crippen LogP contribution is 2.22. The number of amides is 1. The van der Waals surface area contributed by atoms with Crippen LogP contribution < -0.4 is 4.90 Å². The van der Waals surface area contributed by atoms with Gasteiger partial charge in [-0.1, -0.05) is 0 Å². The lowest BCUT2D eigenvalue weighted by molar-refractivity contribution is 0.000888. The molecule has 1 amide bonds. The number of carbonyl (C=O) groups is 1. The van der Waals surface area contributed by atoms with Crippen molar-refractivity contribution in [3.63, 3.8) is 0 Å². The fraction of sp³-hybridized carbons (Fsp3) is 0.571. The summed E-state index contributed by atoms with van der Waals surface area (Å²) < 4.78 is 0. The Balaban J connectivity index is 2.17. The summed E-state index contributed by atoms with van der Waals surface area (Å²) in [6, 6.07) is 3.48. The maximum Gasteiger partial charge on any atom is 0.257 e. The molecule has 0 radical (unpaired) electrons. The van der Waals surface area contributed by atoms with Crippen molar-refractivity contribution in [3.05, 3.63) is 23.9 Å². The largest absolute Gasteiger partial charge is 0.396 e. The van der Waals surface area contributed by atoms with Gasteiger partial charge in [-0.3, -0.25) is 4.79 Å². The standard InChI is InChI=1S/C14H21N3O3/c1-16(2)13-11(4-3-6-15-13)14(20)17-7-5-10(9-18)12(19)8-17/h3-4,6,10,12,18-19H,5,7-9H2,1-2H3/t10-,12-/m1/s1. The second-order valence-corrected chi connectivity index (χ2v) is 5.32. The van der Waals surface area contributed by atoms with Gasteiger partial charge >= 0.3 is 0 Å². The number of nitrogens with zero attached hydrogens (tertiary/aromatic N) is 3. The normalized spacial score (nSPS) is 22.7. The Morgan fingerprint density at radius 3 is 2.90 bits per heavy atom. The van der Waals surface area contributed by atoms with Gasteiger partial charge in [-0.15, -0.1) is 0 Å². The van der Waals surface area contributed by atoms with Crippen molar-refractivity contribution in [2.24, 2.45) is 5.92 Å². The molecular weight excluding hydrogens is 258 g/mol. The number of hydrogen-bond donors (Lipinski definition) is 2. The fourth-order valence-electron chi connectivity index (χ4n) is 2.47. The molecule has 6 heteroatoms. The summed E-state index contributed by atoms with van der Waals surface area (Å²) >= 11 is 0. The van der Waals surface area contributed by atoms with Gasteiger partial charge in [0.15, 0.2) is 0 Å². The maximum absolute atomic E-state index is 12.6. The number of carbonyl (C=O) groups excluding carboxylic acids is 1. The molecule has 2 rings (SSSR count). The Morgan fingerprint density at radius 2 is 2.30 bits per heavy atom. The van der Waals surface area contributed by atoms with Gasteiger partial charge in [0.2, 0.25) is 0 Å². The number of aromatic nitrogens is 1. The quantitative estimate of drug-likeness (QED) is 0.812. The molecule has 1 aromatic rings. The van der Waals surface area contributed by atoms with Gasteiger partial charge in [-0.05, 0) is 18.6 Å². The van der Waals surface area contributed by atoms with Crippen LogP contribution in [0.1, 0.15) is 16.8 Å². The van der Waals surface area contributed by atoms with Gasteiger partial charge in [-0.2, -0.15) is 0 Å². The van der Waals surface area contributed by atoms with Gasteiger partial charge in [0, 0.05) is 45.9 Å². The van der Waals surface area contributed by atoms with Crippen molar-refractivity contribution in [1.82, 2.24) is 9.88 Å². The van der Waals surface area contributed by atoms with Crippen LogP contribution in [-0.4, -0.2) is 65.9 Å². The average Bonchev–Trinajstić information content (AvgIpc) is 2.46. The van der Waals surface area contributed by atoms with E-state index in [1.807, 2.05) is 14.1 Å². The molecule has 1 aliphatic rings. The first-order valence-corrected chi connectivity index (χ1v) is 6.75. The Kier molecular flexibility index (Phi) is 4.57. The minimum atomic E-state index is -0.669. The van der Waals surface area contributed by atoms with Crippen LogP contribution >= 0.6 is 0 Å². The predicted octanol–water partition coefficient (Wildman–Crippen LogP) is -0.0371. The molecule has 0 saturated carbocycles. The van der Waals surface area contributed by atoms with E-state index in [2.05, 4.69) is 4.98 Å². The van der Waals surface area contributed by atoms with Crippen LogP contribution in [0, 0.1) is 5.92 Å². The summed E-state index contributed by atoms with van der Waals surface area (Å²) in [4.78, 5) is 20.2. The number of anilines is 1. The van der Waals surface area contributed by atoms with Crippen LogP contribution in [0.4, 0.5) is 5.82 Å². The molecule has 110 valence electrons. The Morgan fingerprint density at radius 1 is 1.55 bits per heavy atom. The van der Waals surface area contributed by atoms with Crippen molar-refractivity contribution < 1.29 is 15.0 Å². The van der Waals surface area contributed by atoms with E-state index in [4.69, 9.17) is 5.11 Å². The smallest absolute Gasteiger partial charge is 0.257 e. The summed E-state index contributed by atoms with van der Waals surface area (Å²) in [5, 5.41) is 19.1. The van der Waals surface area contributed by atoms with Gasteiger partial charge in [-0.25, -0.2) is 4.98 Å². The first-order valence-electron chi connectivity index (χ1n) is 6.75. The first kappa shape index (κ1) is 14.7. The van der Waals surface area contributed by atoms with E-state index in [-0.39, 0.29) is 25.0 Å². The molecule has 0 aliphatic carbocycles. The molecule has 0 bridgehead atoms. The molecule has 6 nitrogen and oxygen atoms in total. The highest BCUT2D eigenvalue weighted by Gasteiger charge is 2.31. The molecule has 2 N–H and O–H groups in total. The third kappa shape index (κ3) is 2.91. The molecule has 2 heterocycles. The molecule has 20 heavy (non-hydrogen) atoms. The molecular formula is C14H21N3O3. The van der Waals surface area contributed by atoms with Crippen molar-refractivity contribution in [2.45, 2.75) is 12.5 Å². The monoisotopic (exact) mass is 279 g/mol. The van der Waals surface area contributed by atoms with Crippen LogP contribution in [0.15, 0.2) is 18.3 Å². The second kappa shape index (κ2) is 6.19. The molecule has 0 spiro atoms. The van der Waals surface area contributed by atoms with E-state index in [0.29, 0.717) is 24.3 Å². The molecule has 1 fully saturated rings. The fourth-order valence-corrected chi connectivity index (χ4v) is 2.47. The molecule has 1 saturated heterocycles. The highest BCUT2D eigenvalue weighted by molar-refractivity contribution is 5.98. The molecule has 1 aliphatic heterocycles. The van der Waals surface area contributed by atoms with Gasteiger partial charge < -0.3 is 20.0 Å². The topological polar surface area (TPSA) is 76.9 Å². The van der Waals surface area contributed by atoms with Gasteiger partial charge in [0.25, 0.3) is 5.91 Å². The number of β-amino-alcohol motifs (C(OH)–C–C–N with tert-alkyl or cyclic N) is 1. The van der Waals surface area contributed by atoms with Crippen molar-refractivity contribution in [3.8, 4) is 0 Å². The number of aliphatic hydroxyl groups excluding tert-OH is 2. The number of rotatable bonds is 3. The van der Waals surface area contributed by atoms with E-state index < -0.39 is 6.10 Å². The lowest BCUT2D eigenvalue weighted by Crippen LogP contribution is -2.47. The van der Waals surface area contributed by atoms with E-state index >= 15 is 0 Å². The number of aliphatic hydroxyl groups is 2. The summed E-state index contributed by atoms with van der Waals surface area (Å²) in [6.07, 6.45) is 1.59. The Labute approximate surface area is 118 Å². The SMILES string of the molecule is CN(C)c1ncccc1C(=O)N1CC[C@H](CO)[C@H](O)C1. The zero-order valence-electron chi connectivity index (χ0n) is 11.9. The lowest BCUT2D eigenvalue weighted by Gasteiger charge is -2.35.